The van der Waals surface area contributed by atoms with Gasteiger partial charge in [0, 0.05) is 12.1 Å². The van der Waals surface area contributed by atoms with Crippen LogP contribution in [0.2, 0.25) is 0 Å². The third-order valence-electron chi connectivity index (χ3n) is 4.21. The Hall–Kier alpha value is -0.860. The van der Waals surface area contributed by atoms with Gasteiger partial charge in [-0.2, -0.15) is 0 Å². The highest BCUT2D eigenvalue weighted by Crippen LogP contribution is 2.37. The van der Waals surface area contributed by atoms with Crippen molar-refractivity contribution in [1.82, 2.24) is 5.32 Å². The van der Waals surface area contributed by atoms with Crippen molar-refractivity contribution in [3.63, 3.8) is 0 Å². The van der Waals surface area contributed by atoms with Crippen molar-refractivity contribution in [3.05, 3.63) is 35.4 Å². The molecular formula is C16H25NO. The Morgan fingerprint density at radius 1 is 1.22 bits per heavy atom. The van der Waals surface area contributed by atoms with Crippen LogP contribution in [0.3, 0.4) is 0 Å². The van der Waals surface area contributed by atoms with Crippen LogP contribution in [-0.2, 0) is 0 Å². The number of benzene rings is 1. The lowest BCUT2D eigenvalue weighted by Gasteiger charge is -2.34. The van der Waals surface area contributed by atoms with Crippen molar-refractivity contribution in [2.24, 2.45) is 5.92 Å². The highest BCUT2D eigenvalue weighted by Gasteiger charge is 2.26. The third kappa shape index (κ3) is 2.76. The fraction of sp³-hybridized carbons (Fsp3) is 0.625. The van der Waals surface area contributed by atoms with Gasteiger partial charge in [0.1, 0.15) is 0 Å². The molecule has 0 amide bonds. The molecule has 2 heteroatoms. The van der Waals surface area contributed by atoms with Gasteiger partial charge in [-0.25, -0.2) is 0 Å². The first-order valence-corrected chi connectivity index (χ1v) is 7.09. The number of rotatable bonds is 4. The first kappa shape index (κ1) is 13.6. The molecule has 2 rings (SSSR count). The molecular weight excluding hydrogens is 222 g/mol. The van der Waals surface area contributed by atoms with E-state index < -0.39 is 0 Å². The lowest BCUT2D eigenvalue weighted by Crippen LogP contribution is -2.40. The molecule has 0 aromatic heterocycles. The molecule has 0 saturated heterocycles. The molecule has 0 aliphatic heterocycles. The molecule has 2 unspecified atom stereocenters. The van der Waals surface area contributed by atoms with Crippen molar-refractivity contribution < 1.29 is 5.11 Å². The Balaban J connectivity index is 2.18. The molecule has 1 aliphatic rings. The average Bonchev–Trinajstić information content (AvgIpc) is 2.38. The van der Waals surface area contributed by atoms with Gasteiger partial charge in [0.05, 0.1) is 6.61 Å². The summed E-state index contributed by atoms with van der Waals surface area (Å²) in [5.41, 5.74) is 2.90. The van der Waals surface area contributed by atoms with E-state index in [-0.39, 0.29) is 12.6 Å². The predicted molar refractivity (Wildman–Crippen MR) is 75.7 cm³/mol. The Morgan fingerprint density at radius 2 is 1.89 bits per heavy atom. The Kier molecular flexibility index (Phi) is 4.41. The molecule has 2 N–H and O–H groups in total. The maximum absolute atomic E-state index is 9.46. The molecule has 2 nitrogen and oxygen atoms in total. The van der Waals surface area contributed by atoms with Gasteiger partial charge < -0.3 is 10.4 Å². The highest BCUT2D eigenvalue weighted by molar-refractivity contribution is 5.35. The minimum absolute atomic E-state index is 0.191. The van der Waals surface area contributed by atoms with Crippen molar-refractivity contribution in [1.29, 1.82) is 0 Å². The van der Waals surface area contributed by atoms with Crippen LogP contribution in [0.1, 0.15) is 56.7 Å². The molecule has 1 aromatic rings. The van der Waals surface area contributed by atoms with Crippen LogP contribution in [0, 0.1) is 5.92 Å². The quantitative estimate of drug-likeness (QED) is 0.856. The molecule has 0 spiro atoms. The smallest absolute Gasteiger partial charge is 0.0587 e. The molecule has 3 atom stereocenters. The zero-order valence-corrected chi connectivity index (χ0v) is 11.7. The number of fused-ring (bicyclic) bond motifs is 1. The van der Waals surface area contributed by atoms with Crippen LogP contribution in [-0.4, -0.2) is 17.8 Å². The second-order valence-electron chi connectivity index (χ2n) is 5.86. The van der Waals surface area contributed by atoms with Crippen molar-refractivity contribution >= 4 is 0 Å². The summed E-state index contributed by atoms with van der Waals surface area (Å²) in [4.78, 5) is 0. The van der Waals surface area contributed by atoms with E-state index in [1.165, 1.54) is 24.0 Å². The molecule has 0 heterocycles. The fourth-order valence-electron chi connectivity index (χ4n) is 2.89. The zero-order valence-electron chi connectivity index (χ0n) is 11.7. The lowest BCUT2D eigenvalue weighted by molar-refractivity contribution is 0.193. The summed E-state index contributed by atoms with van der Waals surface area (Å²) < 4.78 is 0. The van der Waals surface area contributed by atoms with Crippen LogP contribution in [0.5, 0.6) is 0 Å². The van der Waals surface area contributed by atoms with Crippen LogP contribution in [0.25, 0.3) is 0 Å². The van der Waals surface area contributed by atoms with Gasteiger partial charge in [-0.1, -0.05) is 45.0 Å². The topological polar surface area (TPSA) is 32.3 Å². The summed E-state index contributed by atoms with van der Waals surface area (Å²) in [6, 6.07) is 9.32. The molecule has 18 heavy (non-hydrogen) atoms. The highest BCUT2D eigenvalue weighted by atomic mass is 16.3. The van der Waals surface area contributed by atoms with E-state index in [1.807, 2.05) is 0 Å². The third-order valence-corrected chi connectivity index (χ3v) is 4.21. The summed E-state index contributed by atoms with van der Waals surface area (Å²) in [7, 11) is 0. The van der Waals surface area contributed by atoms with Crippen LogP contribution in [0.15, 0.2) is 24.3 Å². The summed E-state index contributed by atoms with van der Waals surface area (Å²) in [5.74, 6) is 1.12. The predicted octanol–water partition coefficient (Wildman–Crippen LogP) is 3.23. The van der Waals surface area contributed by atoms with E-state index in [4.69, 9.17) is 0 Å². The van der Waals surface area contributed by atoms with Crippen molar-refractivity contribution in [3.8, 4) is 0 Å². The summed E-state index contributed by atoms with van der Waals surface area (Å²) in [5, 5.41) is 13.1. The van der Waals surface area contributed by atoms with Gasteiger partial charge in [-0.3, -0.25) is 0 Å². The SMILES string of the molecule is CC1CCC(N[C@H](CO)C(C)C)c2ccccc21. The molecule has 0 bridgehead atoms. The Bertz CT molecular complexity index is 388. The van der Waals surface area contributed by atoms with Crippen molar-refractivity contribution in [2.45, 2.75) is 51.6 Å². The van der Waals surface area contributed by atoms with Crippen LogP contribution >= 0.6 is 0 Å². The normalized spacial score (nSPS) is 24.9. The standard InChI is InChI=1S/C16H25NO/c1-11(2)16(10-18)17-15-9-8-12(3)13-6-4-5-7-14(13)15/h4-7,11-12,15-18H,8-10H2,1-3H3/t12?,15?,16-/m1/s1. The first-order valence-electron chi connectivity index (χ1n) is 7.09. The Labute approximate surface area is 110 Å². The molecule has 0 fully saturated rings. The molecule has 100 valence electrons. The summed E-state index contributed by atoms with van der Waals surface area (Å²) in [6.45, 7) is 6.84. The monoisotopic (exact) mass is 247 g/mol. The number of aliphatic hydroxyl groups excluding tert-OH is 1. The van der Waals surface area contributed by atoms with E-state index in [0.29, 0.717) is 17.9 Å². The Morgan fingerprint density at radius 3 is 2.50 bits per heavy atom. The van der Waals surface area contributed by atoms with Crippen LogP contribution in [0.4, 0.5) is 0 Å². The van der Waals surface area contributed by atoms with Gasteiger partial charge in [0.2, 0.25) is 0 Å². The van der Waals surface area contributed by atoms with Gasteiger partial charge in [0.25, 0.3) is 0 Å². The van der Waals surface area contributed by atoms with Gasteiger partial charge >= 0.3 is 0 Å². The van der Waals surface area contributed by atoms with Crippen molar-refractivity contribution in [2.75, 3.05) is 6.61 Å². The molecule has 0 radical (unpaired) electrons. The van der Waals surface area contributed by atoms with E-state index in [2.05, 4.69) is 50.4 Å². The number of hydrogen-bond acceptors (Lipinski definition) is 2. The number of nitrogens with one attached hydrogen (secondary N) is 1. The van der Waals surface area contributed by atoms with Gasteiger partial charge in [-0.15, -0.1) is 0 Å². The minimum Gasteiger partial charge on any atom is -0.395 e. The van der Waals surface area contributed by atoms with E-state index in [9.17, 15) is 5.11 Å². The summed E-state index contributed by atoms with van der Waals surface area (Å²) >= 11 is 0. The lowest BCUT2D eigenvalue weighted by atomic mass is 9.80. The number of aliphatic hydroxyl groups is 1. The minimum atomic E-state index is 0.191. The fourth-order valence-corrected chi connectivity index (χ4v) is 2.89. The van der Waals surface area contributed by atoms with E-state index in [1.54, 1.807) is 0 Å². The van der Waals surface area contributed by atoms with Gasteiger partial charge in [0.15, 0.2) is 0 Å². The second-order valence-corrected chi connectivity index (χ2v) is 5.86. The van der Waals surface area contributed by atoms with E-state index in [0.717, 1.165) is 0 Å². The molecule has 1 aliphatic carbocycles. The van der Waals surface area contributed by atoms with Gasteiger partial charge in [-0.05, 0) is 35.8 Å². The first-order chi connectivity index (χ1) is 8.63. The average molecular weight is 247 g/mol. The molecule has 0 saturated carbocycles. The maximum Gasteiger partial charge on any atom is 0.0587 e. The summed E-state index contributed by atoms with van der Waals surface area (Å²) in [6.07, 6.45) is 2.40. The maximum atomic E-state index is 9.46. The number of hydrogen-bond donors (Lipinski definition) is 2. The van der Waals surface area contributed by atoms with Crippen LogP contribution < -0.4 is 5.32 Å². The van der Waals surface area contributed by atoms with E-state index >= 15 is 0 Å². The zero-order chi connectivity index (χ0) is 13.1. The molecule has 1 aromatic carbocycles. The second kappa shape index (κ2) is 5.85. The largest absolute Gasteiger partial charge is 0.395 e.